The van der Waals surface area contributed by atoms with Gasteiger partial charge in [-0.15, -0.1) is 0 Å². The fraction of sp³-hybridized carbons (Fsp3) is 0.625. The van der Waals surface area contributed by atoms with E-state index in [9.17, 15) is 9.90 Å². The summed E-state index contributed by atoms with van der Waals surface area (Å²) in [5.41, 5.74) is 9.73. The minimum absolute atomic E-state index is 0.346. The average molecular weight is 274 g/mol. The van der Waals surface area contributed by atoms with Crippen LogP contribution in [-0.4, -0.2) is 16.1 Å². The van der Waals surface area contributed by atoms with Gasteiger partial charge in [0.25, 0.3) is 0 Å². The Morgan fingerprint density at radius 1 is 1.10 bits per heavy atom. The third-order valence-electron chi connectivity index (χ3n) is 4.75. The SMILES string of the molecule is Nc1c(C2CCCC2)nc2c(c1C(=O)O)CCCCC2. The number of carboxylic acids is 1. The zero-order valence-corrected chi connectivity index (χ0v) is 11.8. The van der Waals surface area contributed by atoms with Crippen LogP contribution in [0.25, 0.3) is 0 Å². The highest BCUT2D eigenvalue weighted by Gasteiger charge is 2.28. The molecule has 2 aliphatic carbocycles. The minimum Gasteiger partial charge on any atom is -0.478 e. The molecule has 1 saturated carbocycles. The molecular weight excluding hydrogens is 252 g/mol. The lowest BCUT2D eigenvalue weighted by Gasteiger charge is -2.19. The first-order valence-corrected chi connectivity index (χ1v) is 7.73. The molecular formula is C16H22N2O2. The van der Waals surface area contributed by atoms with Crippen LogP contribution in [0.2, 0.25) is 0 Å². The normalized spacial score (nSPS) is 19.6. The number of aromatic carboxylic acids is 1. The Bertz CT molecular complexity index is 534. The highest BCUT2D eigenvalue weighted by molar-refractivity contribution is 5.96. The number of aryl methyl sites for hydroxylation is 1. The molecule has 20 heavy (non-hydrogen) atoms. The molecule has 0 radical (unpaired) electrons. The fourth-order valence-electron chi connectivity index (χ4n) is 3.71. The Balaban J connectivity index is 2.14. The van der Waals surface area contributed by atoms with Crippen molar-refractivity contribution in [2.45, 2.75) is 63.7 Å². The number of rotatable bonds is 2. The van der Waals surface area contributed by atoms with Crippen LogP contribution in [0.1, 0.15) is 78.2 Å². The van der Waals surface area contributed by atoms with Crippen LogP contribution in [0, 0.1) is 0 Å². The number of nitrogens with two attached hydrogens (primary N) is 1. The number of hydrogen-bond donors (Lipinski definition) is 2. The molecule has 3 rings (SSSR count). The molecule has 1 aromatic rings. The van der Waals surface area contributed by atoms with Gasteiger partial charge in [-0.3, -0.25) is 4.98 Å². The first kappa shape index (κ1) is 13.4. The monoisotopic (exact) mass is 274 g/mol. The molecule has 1 fully saturated rings. The van der Waals surface area contributed by atoms with Crippen molar-refractivity contribution in [2.24, 2.45) is 0 Å². The van der Waals surface area contributed by atoms with Crippen molar-refractivity contribution in [1.82, 2.24) is 4.98 Å². The van der Waals surface area contributed by atoms with E-state index in [4.69, 9.17) is 10.7 Å². The van der Waals surface area contributed by atoms with E-state index in [-0.39, 0.29) is 0 Å². The summed E-state index contributed by atoms with van der Waals surface area (Å²) in [5.74, 6) is -0.524. The maximum atomic E-state index is 11.7. The van der Waals surface area contributed by atoms with Crippen LogP contribution in [-0.2, 0) is 12.8 Å². The average Bonchev–Trinajstić information content (AvgIpc) is 2.84. The second-order valence-electron chi connectivity index (χ2n) is 6.06. The standard InChI is InChI=1S/C16H22N2O2/c17-14-13(16(19)20)11-8-2-1-3-9-12(11)18-15(14)10-6-4-5-7-10/h10H,1-9,17H2,(H,19,20). The van der Waals surface area contributed by atoms with Crippen molar-refractivity contribution in [3.63, 3.8) is 0 Å². The van der Waals surface area contributed by atoms with Crippen molar-refractivity contribution in [2.75, 3.05) is 5.73 Å². The van der Waals surface area contributed by atoms with Gasteiger partial charge >= 0.3 is 5.97 Å². The van der Waals surface area contributed by atoms with E-state index in [2.05, 4.69) is 0 Å². The maximum Gasteiger partial charge on any atom is 0.338 e. The third-order valence-corrected chi connectivity index (χ3v) is 4.75. The molecule has 0 atom stereocenters. The number of fused-ring (bicyclic) bond motifs is 1. The summed E-state index contributed by atoms with van der Waals surface area (Å²) in [7, 11) is 0. The summed E-state index contributed by atoms with van der Waals surface area (Å²) < 4.78 is 0. The largest absolute Gasteiger partial charge is 0.478 e. The van der Waals surface area contributed by atoms with Crippen LogP contribution >= 0.6 is 0 Å². The Morgan fingerprint density at radius 3 is 2.50 bits per heavy atom. The van der Waals surface area contributed by atoms with Crippen LogP contribution in [0.4, 0.5) is 5.69 Å². The molecule has 3 N–H and O–H groups in total. The number of aromatic nitrogens is 1. The van der Waals surface area contributed by atoms with Gasteiger partial charge in [0, 0.05) is 11.6 Å². The fourth-order valence-corrected chi connectivity index (χ4v) is 3.71. The zero-order valence-electron chi connectivity index (χ0n) is 11.8. The first-order chi connectivity index (χ1) is 9.68. The van der Waals surface area contributed by atoms with Crippen molar-refractivity contribution in [1.29, 1.82) is 0 Å². The second-order valence-corrected chi connectivity index (χ2v) is 6.06. The van der Waals surface area contributed by atoms with Crippen LogP contribution in [0.3, 0.4) is 0 Å². The van der Waals surface area contributed by atoms with Crippen molar-refractivity contribution in [3.8, 4) is 0 Å². The minimum atomic E-state index is -0.887. The van der Waals surface area contributed by atoms with E-state index in [0.29, 0.717) is 17.2 Å². The van der Waals surface area contributed by atoms with E-state index >= 15 is 0 Å². The lowest BCUT2D eigenvalue weighted by molar-refractivity contribution is 0.0696. The predicted octanol–water partition coefficient (Wildman–Crippen LogP) is 3.29. The second kappa shape index (κ2) is 5.43. The van der Waals surface area contributed by atoms with Gasteiger partial charge in [-0.25, -0.2) is 4.79 Å². The molecule has 0 unspecified atom stereocenters. The summed E-state index contributed by atoms with van der Waals surface area (Å²) in [6.07, 6.45) is 9.58. The molecule has 0 aliphatic heterocycles. The van der Waals surface area contributed by atoms with E-state index in [0.717, 1.165) is 61.9 Å². The smallest absolute Gasteiger partial charge is 0.338 e. The number of nitrogens with zero attached hydrogens (tertiary/aromatic N) is 1. The van der Waals surface area contributed by atoms with Crippen molar-refractivity contribution >= 4 is 11.7 Å². The molecule has 0 saturated heterocycles. The van der Waals surface area contributed by atoms with E-state index < -0.39 is 5.97 Å². The van der Waals surface area contributed by atoms with Gasteiger partial charge in [-0.05, 0) is 44.1 Å². The van der Waals surface area contributed by atoms with E-state index in [1.54, 1.807) is 0 Å². The molecule has 0 aromatic carbocycles. The molecule has 0 bridgehead atoms. The molecule has 4 heteroatoms. The molecule has 108 valence electrons. The maximum absolute atomic E-state index is 11.7. The van der Waals surface area contributed by atoms with Crippen LogP contribution < -0.4 is 5.73 Å². The summed E-state index contributed by atoms with van der Waals surface area (Å²) in [4.78, 5) is 16.5. The lowest BCUT2D eigenvalue weighted by Crippen LogP contribution is -2.16. The highest BCUT2D eigenvalue weighted by Crippen LogP contribution is 2.39. The van der Waals surface area contributed by atoms with Crippen molar-refractivity contribution in [3.05, 3.63) is 22.5 Å². The molecule has 0 amide bonds. The zero-order chi connectivity index (χ0) is 14.1. The Hall–Kier alpha value is -1.58. The highest BCUT2D eigenvalue weighted by atomic mass is 16.4. The summed E-state index contributed by atoms with van der Waals surface area (Å²) in [6.45, 7) is 0. The van der Waals surface area contributed by atoms with Crippen molar-refractivity contribution < 1.29 is 9.90 Å². The Morgan fingerprint density at radius 2 is 1.80 bits per heavy atom. The van der Waals surface area contributed by atoms with Gasteiger partial charge in [-0.1, -0.05) is 19.3 Å². The number of hydrogen-bond acceptors (Lipinski definition) is 3. The van der Waals surface area contributed by atoms with Crippen LogP contribution in [0.5, 0.6) is 0 Å². The number of pyridine rings is 1. The first-order valence-electron chi connectivity index (χ1n) is 7.73. The molecule has 2 aliphatic rings. The Labute approximate surface area is 119 Å². The summed E-state index contributed by atoms with van der Waals surface area (Å²) >= 11 is 0. The van der Waals surface area contributed by atoms with E-state index in [1.807, 2.05) is 0 Å². The lowest BCUT2D eigenvalue weighted by atomic mass is 9.93. The topological polar surface area (TPSA) is 76.2 Å². The molecule has 0 spiro atoms. The Kier molecular flexibility index (Phi) is 3.64. The number of carboxylic acid groups (broad SMARTS) is 1. The third kappa shape index (κ3) is 2.28. The molecule has 1 aromatic heterocycles. The number of carbonyl (C=O) groups is 1. The predicted molar refractivity (Wildman–Crippen MR) is 78.1 cm³/mol. The molecule has 4 nitrogen and oxygen atoms in total. The van der Waals surface area contributed by atoms with Gasteiger partial charge in [0.2, 0.25) is 0 Å². The number of anilines is 1. The van der Waals surface area contributed by atoms with Gasteiger partial charge in [-0.2, -0.15) is 0 Å². The van der Waals surface area contributed by atoms with Gasteiger partial charge in [0.15, 0.2) is 0 Å². The summed E-state index contributed by atoms with van der Waals surface area (Å²) in [6, 6.07) is 0. The van der Waals surface area contributed by atoms with Gasteiger partial charge in [0.05, 0.1) is 16.9 Å². The quantitative estimate of drug-likeness (QED) is 0.811. The summed E-state index contributed by atoms with van der Waals surface area (Å²) in [5, 5.41) is 9.57. The number of nitrogen functional groups attached to an aromatic ring is 1. The van der Waals surface area contributed by atoms with E-state index in [1.165, 1.54) is 12.8 Å². The van der Waals surface area contributed by atoms with Crippen LogP contribution in [0.15, 0.2) is 0 Å². The van der Waals surface area contributed by atoms with Gasteiger partial charge < -0.3 is 10.8 Å². The van der Waals surface area contributed by atoms with Gasteiger partial charge in [0.1, 0.15) is 0 Å². The molecule has 1 heterocycles.